The van der Waals surface area contributed by atoms with Crippen LogP contribution in [0.5, 0.6) is 0 Å². The van der Waals surface area contributed by atoms with E-state index in [2.05, 4.69) is 10.1 Å². The first-order valence-corrected chi connectivity index (χ1v) is 4.17. The van der Waals surface area contributed by atoms with Gasteiger partial charge in [-0.1, -0.05) is 0 Å². The summed E-state index contributed by atoms with van der Waals surface area (Å²) in [6.07, 6.45) is 1.91. The summed E-state index contributed by atoms with van der Waals surface area (Å²) in [7, 11) is 0. The molecule has 4 heteroatoms. The summed E-state index contributed by atoms with van der Waals surface area (Å²) in [5.41, 5.74) is 0. The summed E-state index contributed by atoms with van der Waals surface area (Å²) in [6, 6.07) is 0. The van der Waals surface area contributed by atoms with Crippen LogP contribution in [0.4, 0.5) is 0 Å². The predicted octanol–water partition coefficient (Wildman–Crippen LogP) is 0.0757. The molecular formula is C8H13NO3. The summed E-state index contributed by atoms with van der Waals surface area (Å²) in [5.74, 6) is -0.242. The van der Waals surface area contributed by atoms with E-state index in [0.717, 1.165) is 12.8 Å². The molecule has 0 heterocycles. The molecule has 1 N–H and O–H groups in total. The molecule has 0 atom stereocenters. The first kappa shape index (κ1) is 9.03. The van der Waals surface area contributed by atoms with Crippen LogP contribution in [0.3, 0.4) is 0 Å². The predicted molar refractivity (Wildman–Crippen MR) is 42.4 cm³/mol. The van der Waals surface area contributed by atoms with E-state index in [0.29, 0.717) is 6.61 Å². The van der Waals surface area contributed by atoms with Gasteiger partial charge in [-0.15, -0.1) is 0 Å². The third-order valence-corrected chi connectivity index (χ3v) is 1.66. The van der Waals surface area contributed by atoms with E-state index in [1.54, 1.807) is 6.92 Å². The Bertz CT molecular complexity index is 187. The molecule has 0 spiro atoms. The van der Waals surface area contributed by atoms with E-state index in [1.807, 2.05) is 0 Å². The van der Waals surface area contributed by atoms with E-state index in [1.165, 1.54) is 0 Å². The second kappa shape index (κ2) is 4.09. The summed E-state index contributed by atoms with van der Waals surface area (Å²) in [5, 5.41) is 2.52. The smallest absolute Gasteiger partial charge is 0.325 e. The number of amides is 1. The molecule has 0 radical (unpaired) electrons. The van der Waals surface area contributed by atoms with Crippen LogP contribution in [0.25, 0.3) is 0 Å². The van der Waals surface area contributed by atoms with Gasteiger partial charge in [0.25, 0.3) is 0 Å². The molecule has 0 saturated heterocycles. The summed E-state index contributed by atoms with van der Waals surface area (Å²) in [6.45, 7) is 2.10. The van der Waals surface area contributed by atoms with E-state index < -0.39 is 0 Å². The van der Waals surface area contributed by atoms with E-state index >= 15 is 0 Å². The Morgan fingerprint density at radius 1 is 1.50 bits per heavy atom. The van der Waals surface area contributed by atoms with Crippen molar-refractivity contribution in [2.45, 2.75) is 19.8 Å². The van der Waals surface area contributed by atoms with E-state index in [-0.39, 0.29) is 24.3 Å². The molecule has 0 unspecified atom stereocenters. The van der Waals surface area contributed by atoms with Crippen LogP contribution < -0.4 is 5.32 Å². The summed E-state index contributed by atoms with van der Waals surface area (Å²) >= 11 is 0. The lowest BCUT2D eigenvalue weighted by molar-refractivity contribution is -0.143. The number of hydrogen-bond acceptors (Lipinski definition) is 3. The lowest BCUT2D eigenvalue weighted by atomic mass is 10.4. The molecule has 0 bridgehead atoms. The molecule has 1 saturated carbocycles. The van der Waals surface area contributed by atoms with Crippen molar-refractivity contribution in [2.24, 2.45) is 5.92 Å². The average Bonchev–Trinajstić information content (AvgIpc) is 2.83. The zero-order valence-corrected chi connectivity index (χ0v) is 7.13. The minimum atomic E-state index is -0.369. The maximum absolute atomic E-state index is 11.0. The second-order valence-electron chi connectivity index (χ2n) is 2.80. The first-order valence-electron chi connectivity index (χ1n) is 4.17. The van der Waals surface area contributed by atoms with Crippen molar-refractivity contribution in [1.29, 1.82) is 0 Å². The lowest BCUT2D eigenvalue weighted by Gasteiger charge is -2.02. The van der Waals surface area contributed by atoms with Crippen LogP contribution >= 0.6 is 0 Å². The number of carbonyl (C=O) groups excluding carboxylic acids is 2. The Hall–Kier alpha value is -1.06. The third kappa shape index (κ3) is 2.90. The van der Waals surface area contributed by atoms with Gasteiger partial charge in [-0.2, -0.15) is 0 Å². The number of rotatable bonds is 4. The van der Waals surface area contributed by atoms with Crippen molar-refractivity contribution in [3.8, 4) is 0 Å². The molecule has 4 nitrogen and oxygen atoms in total. The molecular weight excluding hydrogens is 158 g/mol. The maximum Gasteiger partial charge on any atom is 0.325 e. The fourth-order valence-electron chi connectivity index (χ4n) is 0.861. The monoisotopic (exact) mass is 171 g/mol. The Morgan fingerprint density at radius 3 is 2.67 bits per heavy atom. The number of ether oxygens (including phenoxy) is 1. The Balaban J connectivity index is 2.07. The largest absolute Gasteiger partial charge is 0.465 e. The standard InChI is InChI=1S/C8H13NO3/c1-2-12-7(10)5-9-8(11)6-3-4-6/h6H,2-5H2,1H3,(H,9,11). The molecule has 0 aromatic rings. The SMILES string of the molecule is CCOC(=O)CNC(=O)C1CC1. The topological polar surface area (TPSA) is 55.4 Å². The van der Waals surface area contributed by atoms with E-state index in [4.69, 9.17) is 0 Å². The minimum absolute atomic E-state index is 0.00315. The van der Waals surface area contributed by atoms with E-state index in [9.17, 15) is 9.59 Å². The third-order valence-electron chi connectivity index (χ3n) is 1.66. The van der Waals surface area contributed by atoms with Crippen LogP contribution in [-0.4, -0.2) is 25.0 Å². The van der Waals surface area contributed by atoms with Gasteiger partial charge in [0.2, 0.25) is 5.91 Å². The van der Waals surface area contributed by atoms with Gasteiger partial charge in [0.05, 0.1) is 6.61 Å². The van der Waals surface area contributed by atoms with Crippen molar-refractivity contribution >= 4 is 11.9 Å². The van der Waals surface area contributed by atoms with Crippen LogP contribution in [-0.2, 0) is 14.3 Å². The van der Waals surface area contributed by atoms with Gasteiger partial charge in [-0.05, 0) is 19.8 Å². The van der Waals surface area contributed by atoms with Crippen LogP contribution in [0.1, 0.15) is 19.8 Å². The van der Waals surface area contributed by atoms with Crippen molar-refractivity contribution in [3.05, 3.63) is 0 Å². The first-order chi connectivity index (χ1) is 5.74. The Kier molecular flexibility index (Phi) is 3.08. The molecule has 1 aliphatic rings. The van der Waals surface area contributed by atoms with Crippen LogP contribution in [0.15, 0.2) is 0 Å². The highest BCUT2D eigenvalue weighted by Crippen LogP contribution is 2.28. The van der Waals surface area contributed by atoms with Gasteiger partial charge in [-0.3, -0.25) is 9.59 Å². The van der Waals surface area contributed by atoms with Crippen LogP contribution in [0, 0.1) is 5.92 Å². The van der Waals surface area contributed by atoms with Gasteiger partial charge < -0.3 is 10.1 Å². The van der Waals surface area contributed by atoms with Crippen molar-refractivity contribution in [1.82, 2.24) is 5.32 Å². The van der Waals surface area contributed by atoms with Gasteiger partial charge in [0.15, 0.2) is 0 Å². The minimum Gasteiger partial charge on any atom is -0.465 e. The molecule has 1 fully saturated rings. The van der Waals surface area contributed by atoms with Crippen LogP contribution in [0.2, 0.25) is 0 Å². The summed E-state index contributed by atoms with van der Waals surface area (Å²) < 4.78 is 4.64. The zero-order chi connectivity index (χ0) is 8.97. The molecule has 0 aromatic carbocycles. The molecule has 12 heavy (non-hydrogen) atoms. The average molecular weight is 171 g/mol. The molecule has 0 aliphatic heterocycles. The van der Waals surface area contributed by atoms with Gasteiger partial charge in [0.1, 0.15) is 6.54 Å². The molecule has 1 aliphatic carbocycles. The highest BCUT2D eigenvalue weighted by Gasteiger charge is 2.29. The fraction of sp³-hybridized carbons (Fsp3) is 0.750. The van der Waals surface area contributed by atoms with Crippen molar-refractivity contribution in [2.75, 3.05) is 13.2 Å². The maximum atomic E-state index is 11.0. The summed E-state index contributed by atoms with van der Waals surface area (Å²) in [4.78, 5) is 21.7. The molecule has 0 aromatic heterocycles. The molecule has 68 valence electrons. The number of hydrogen-bond donors (Lipinski definition) is 1. The Morgan fingerprint density at radius 2 is 2.17 bits per heavy atom. The van der Waals surface area contributed by atoms with Crippen molar-refractivity contribution in [3.63, 3.8) is 0 Å². The zero-order valence-electron chi connectivity index (χ0n) is 7.13. The van der Waals surface area contributed by atoms with Crippen molar-refractivity contribution < 1.29 is 14.3 Å². The molecule has 1 amide bonds. The highest BCUT2D eigenvalue weighted by molar-refractivity contribution is 5.84. The fourth-order valence-corrected chi connectivity index (χ4v) is 0.861. The van der Waals surface area contributed by atoms with Gasteiger partial charge in [0, 0.05) is 5.92 Å². The number of carbonyl (C=O) groups is 2. The van der Waals surface area contributed by atoms with Gasteiger partial charge >= 0.3 is 5.97 Å². The normalized spacial score (nSPS) is 15.4. The highest BCUT2D eigenvalue weighted by atomic mass is 16.5. The number of esters is 1. The number of nitrogens with one attached hydrogen (secondary N) is 1. The second-order valence-corrected chi connectivity index (χ2v) is 2.80. The van der Waals surface area contributed by atoms with Gasteiger partial charge in [-0.25, -0.2) is 0 Å². The Labute approximate surface area is 71.3 Å². The lowest BCUT2D eigenvalue weighted by Crippen LogP contribution is -2.31. The molecule has 1 rings (SSSR count). The quantitative estimate of drug-likeness (QED) is 0.609.